The summed E-state index contributed by atoms with van der Waals surface area (Å²) in [6, 6.07) is 9.00. The molecular weight excluding hydrogens is 206 g/mol. The van der Waals surface area contributed by atoms with E-state index in [0.29, 0.717) is 0 Å². The summed E-state index contributed by atoms with van der Waals surface area (Å²) in [5, 5.41) is 0. The van der Waals surface area contributed by atoms with Crippen LogP contribution in [0.3, 0.4) is 0 Å². The number of likely N-dealkylation sites (tertiary alicyclic amines) is 1. The van der Waals surface area contributed by atoms with E-state index in [1.807, 2.05) is 0 Å². The normalized spacial score (nSPS) is 21.6. The second-order valence-corrected chi connectivity index (χ2v) is 5.73. The molecule has 1 nitrogen and oxygen atoms in total. The quantitative estimate of drug-likeness (QED) is 0.769. The van der Waals surface area contributed by atoms with Gasteiger partial charge in [0.15, 0.2) is 0 Å². The Morgan fingerprint density at radius 2 is 1.59 bits per heavy atom. The van der Waals surface area contributed by atoms with Crippen molar-refractivity contribution in [3.63, 3.8) is 0 Å². The molecule has 0 spiro atoms. The molecule has 0 aromatic heterocycles. The molecule has 1 aromatic rings. The average Bonchev–Trinajstić information content (AvgIpc) is 2.80. The molecular formula is C16H23N. The van der Waals surface area contributed by atoms with Crippen LogP contribution in [0.5, 0.6) is 0 Å². The maximum absolute atomic E-state index is 2.67. The predicted octanol–water partition coefficient (Wildman–Crippen LogP) is 3.28. The average molecular weight is 229 g/mol. The summed E-state index contributed by atoms with van der Waals surface area (Å²) in [5.41, 5.74) is 3.22. The minimum atomic E-state index is 0.911. The Morgan fingerprint density at radius 1 is 0.941 bits per heavy atom. The van der Waals surface area contributed by atoms with Crippen molar-refractivity contribution in [2.45, 2.75) is 38.5 Å². The molecule has 0 saturated carbocycles. The fraction of sp³-hybridized carbons (Fsp3) is 0.625. The van der Waals surface area contributed by atoms with E-state index in [0.717, 1.165) is 5.92 Å². The molecule has 1 aliphatic carbocycles. The van der Waals surface area contributed by atoms with E-state index in [9.17, 15) is 0 Å². The van der Waals surface area contributed by atoms with Crippen molar-refractivity contribution >= 4 is 0 Å². The first-order valence-electron chi connectivity index (χ1n) is 7.21. The lowest BCUT2D eigenvalue weighted by Crippen LogP contribution is -2.31. The van der Waals surface area contributed by atoms with Gasteiger partial charge < -0.3 is 4.90 Å². The van der Waals surface area contributed by atoms with E-state index in [1.165, 1.54) is 58.2 Å². The van der Waals surface area contributed by atoms with E-state index >= 15 is 0 Å². The van der Waals surface area contributed by atoms with Gasteiger partial charge in [0.1, 0.15) is 0 Å². The van der Waals surface area contributed by atoms with Crippen molar-refractivity contribution < 1.29 is 0 Å². The fourth-order valence-corrected chi connectivity index (χ4v) is 3.40. The SMILES string of the molecule is c1ccc2c(c1)CC(CCN1CCCCC1)C2. The fourth-order valence-electron chi connectivity index (χ4n) is 3.40. The second-order valence-electron chi connectivity index (χ2n) is 5.73. The minimum absolute atomic E-state index is 0.911. The summed E-state index contributed by atoms with van der Waals surface area (Å²) in [5.74, 6) is 0.911. The lowest BCUT2D eigenvalue weighted by molar-refractivity contribution is 0.214. The number of hydrogen-bond donors (Lipinski definition) is 0. The van der Waals surface area contributed by atoms with Gasteiger partial charge in [-0.3, -0.25) is 0 Å². The molecule has 92 valence electrons. The Kier molecular flexibility index (Phi) is 3.46. The van der Waals surface area contributed by atoms with Gasteiger partial charge >= 0.3 is 0 Å². The van der Waals surface area contributed by atoms with Crippen LogP contribution in [0.15, 0.2) is 24.3 Å². The molecule has 2 aliphatic rings. The van der Waals surface area contributed by atoms with Crippen LogP contribution in [-0.4, -0.2) is 24.5 Å². The zero-order chi connectivity index (χ0) is 11.5. The molecule has 17 heavy (non-hydrogen) atoms. The predicted molar refractivity (Wildman–Crippen MR) is 72.2 cm³/mol. The standard InChI is InChI=1S/C16H23N/c1-4-9-17(10-5-1)11-8-14-12-15-6-2-3-7-16(15)13-14/h2-3,6-7,14H,1,4-5,8-13H2. The zero-order valence-corrected chi connectivity index (χ0v) is 10.7. The van der Waals surface area contributed by atoms with Gasteiger partial charge in [0.25, 0.3) is 0 Å². The molecule has 1 aliphatic heterocycles. The van der Waals surface area contributed by atoms with Gasteiger partial charge in [0.05, 0.1) is 0 Å². The van der Waals surface area contributed by atoms with Crippen molar-refractivity contribution in [1.29, 1.82) is 0 Å². The van der Waals surface area contributed by atoms with Crippen LogP contribution in [0.25, 0.3) is 0 Å². The molecule has 0 atom stereocenters. The van der Waals surface area contributed by atoms with Crippen LogP contribution in [0.2, 0.25) is 0 Å². The minimum Gasteiger partial charge on any atom is -0.303 e. The summed E-state index contributed by atoms with van der Waals surface area (Å²) >= 11 is 0. The number of fused-ring (bicyclic) bond motifs is 1. The van der Waals surface area contributed by atoms with E-state index in [2.05, 4.69) is 29.2 Å². The van der Waals surface area contributed by atoms with Crippen LogP contribution in [-0.2, 0) is 12.8 Å². The lowest BCUT2D eigenvalue weighted by Gasteiger charge is -2.27. The van der Waals surface area contributed by atoms with Crippen LogP contribution in [0.1, 0.15) is 36.8 Å². The van der Waals surface area contributed by atoms with Gasteiger partial charge in [0, 0.05) is 0 Å². The first-order valence-corrected chi connectivity index (χ1v) is 7.21. The Labute approximate surface area is 105 Å². The summed E-state index contributed by atoms with van der Waals surface area (Å²) < 4.78 is 0. The third kappa shape index (κ3) is 2.71. The number of piperidine rings is 1. The van der Waals surface area contributed by atoms with Crippen LogP contribution in [0, 0.1) is 5.92 Å². The third-order valence-corrected chi connectivity index (χ3v) is 4.44. The molecule has 0 unspecified atom stereocenters. The number of rotatable bonds is 3. The van der Waals surface area contributed by atoms with Crippen molar-refractivity contribution in [2.75, 3.05) is 19.6 Å². The summed E-state index contributed by atoms with van der Waals surface area (Å²) in [4.78, 5) is 2.67. The lowest BCUT2D eigenvalue weighted by atomic mass is 10.0. The Bertz CT molecular complexity index is 341. The monoisotopic (exact) mass is 229 g/mol. The smallest absolute Gasteiger partial charge is 0.00159 e. The van der Waals surface area contributed by atoms with Crippen molar-refractivity contribution in [3.8, 4) is 0 Å². The highest BCUT2D eigenvalue weighted by molar-refractivity contribution is 5.31. The van der Waals surface area contributed by atoms with E-state index in [4.69, 9.17) is 0 Å². The van der Waals surface area contributed by atoms with Gasteiger partial charge in [-0.2, -0.15) is 0 Å². The van der Waals surface area contributed by atoms with Gasteiger partial charge in [-0.25, -0.2) is 0 Å². The highest BCUT2D eigenvalue weighted by Crippen LogP contribution is 2.28. The molecule has 3 rings (SSSR count). The van der Waals surface area contributed by atoms with Crippen molar-refractivity contribution in [2.24, 2.45) is 5.92 Å². The number of hydrogen-bond acceptors (Lipinski definition) is 1. The van der Waals surface area contributed by atoms with Crippen LogP contribution < -0.4 is 0 Å². The molecule has 0 radical (unpaired) electrons. The molecule has 1 heterocycles. The topological polar surface area (TPSA) is 3.24 Å². The number of nitrogens with zero attached hydrogens (tertiary/aromatic N) is 1. The first kappa shape index (κ1) is 11.3. The maximum atomic E-state index is 2.67. The first-order chi connectivity index (χ1) is 8.42. The highest BCUT2D eigenvalue weighted by atomic mass is 15.1. The maximum Gasteiger partial charge on any atom is -0.00159 e. The van der Waals surface area contributed by atoms with Gasteiger partial charge in [0.2, 0.25) is 0 Å². The molecule has 1 heteroatoms. The van der Waals surface area contributed by atoms with Crippen molar-refractivity contribution in [3.05, 3.63) is 35.4 Å². The third-order valence-electron chi connectivity index (χ3n) is 4.44. The van der Waals surface area contributed by atoms with Crippen LogP contribution in [0.4, 0.5) is 0 Å². The summed E-state index contributed by atoms with van der Waals surface area (Å²) in [6.07, 6.45) is 8.34. The molecule has 1 aromatic carbocycles. The van der Waals surface area contributed by atoms with Crippen molar-refractivity contribution in [1.82, 2.24) is 4.90 Å². The van der Waals surface area contributed by atoms with Gasteiger partial charge in [-0.05, 0) is 68.8 Å². The molecule has 0 bridgehead atoms. The molecule has 0 N–H and O–H groups in total. The zero-order valence-electron chi connectivity index (χ0n) is 10.7. The molecule has 0 amide bonds. The van der Waals surface area contributed by atoms with E-state index in [-0.39, 0.29) is 0 Å². The highest BCUT2D eigenvalue weighted by Gasteiger charge is 2.21. The van der Waals surface area contributed by atoms with Crippen LogP contribution >= 0.6 is 0 Å². The summed E-state index contributed by atoms with van der Waals surface area (Å²) in [6.45, 7) is 4.03. The Hall–Kier alpha value is -0.820. The van der Waals surface area contributed by atoms with Gasteiger partial charge in [-0.1, -0.05) is 30.7 Å². The Morgan fingerprint density at radius 3 is 2.24 bits per heavy atom. The van der Waals surface area contributed by atoms with E-state index in [1.54, 1.807) is 11.1 Å². The second kappa shape index (κ2) is 5.22. The number of benzene rings is 1. The summed E-state index contributed by atoms with van der Waals surface area (Å²) in [7, 11) is 0. The largest absolute Gasteiger partial charge is 0.303 e. The van der Waals surface area contributed by atoms with Gasteiger partial charge in [-0.15, -0.1) is 0 Å². The molecule has 1 fully saturated rings. The van der Waals surface area contributed by atoms with E-state index < -0.39 is 0 Å². The molecule has 1 saturated heterocycles. The Balaban J connectivity index is 1.48.